The molecule has 0 saturated carbocycles. The van der Waals surface area contributed by atoms with Crippen molar-refractivity contribution >= 4 is 45.2 Å². The van der Waals surface area contributed by atoms with E-state index < -0.39 is 11.4 Å². The van der Waals surface area contributed by atoms with Gasteiger partial charge in [-0.3, -0.25) is 9.59 Å². The fraction of sp³-hybridized carbons (Fsp3) is 0.385. The molecule has 4 nitrogen and oxygen atoms in total. The molecule has 6 heteroatoms. The first-order chi connectivity index (χ1) is 8.90. The van der Waals surface area contributed by atoms with Crippen molar-refractivity contribution in [3.8, 4) is 0 Å². The number of carbonyl (C=O) groups is 2. The third-order valence-corrected chi connectivity index (χ3v) is 4.87. The zero-order valence-corrected chi connectivity index (χ0v) is 12.8. The number of carbonyl (C=O) groups excluding carboxylic acids is 1. The summed E-state index contributed by atoms with van der Waals surface area (Å²) in [5.74, 6) is -0.969. The van der Waals surface area contributed by atoms with Gasteiger partial charge in [-0.1, -0.05) is 0 Å². The Morgan fingerprint density at radius 3 is 2.79 bits per heavy atom. The largest absolute Gasteiger partial charge is 0.481 e. The van der Waals surface area contributed by atoms with Crippen molar-refractivity contribution in [2.75, 3.05) is 13.1 Å². The van der Waals surface area contributed by atoms with Gasteiger partial charge in [0.2, 0.25) is 5.91 Å². The quantitative estimate of drug-likeness (QED) is 0.858. The minimum absolute atomic E-state index is 0.130. The van der Waals surface area contributed by atoms with Crippen LogP contribution in [0.4, 0.5) is 0 Å². The highest BCUT2D eigenvalue weighted by atomic mass is 79.9. The highest BCUT2D eigenvalue weighted by Gasteiger charge is 2.41. The average Bonchev–Trinajstić information content (AvgIpc) is 2.94. The summed E-state index contributed by atoms with van der Waals surface area (Å²) in [5.41, 5.74) is -0.810. The normalized spacial score (nSPS) is 23.2. The maximum Gasteiger partial charge on any atom is 0.311 e. The van der Waals surface area contributed by atoms with E-state index in [1.807, 2.05) is 12.1 Å². The van der Waals surface area contributed by atoms with E-state index in [-0.39, 0.29) is 12.5 Å². The van der Waals surface area contributed by atoms with Crippen LogP contribution in [0.15, 0.2) is 22.0 Å². The SMILES string of the molecule is C[C@]1(C(=O)O)CCN(C(=O)/C=C\c2ccc(Br)s2)C1. The lowest BCUT2D eigenvalue weighted by molar-refractivity contribution is -0.147. The van der Waals surface area contributed by atoms with Crippen molar-refractivity contribution in [3.05, 3.63) is 26.9 Å². The van der Waals surface area contributed by atoms with E-state index >= 15 is 0 Å². The minimum atomic E-state index is -0.839. The van der Waals surface area contributed by atoms with E-state index in [9.17, 15) is 9.59 Å². The van der Waals surface area contributed by atoms with Crippen molar-refractivity contribution in [3.63, 3.8) is 0 Å². The second kappa shape index (κ2) is 5.46. The number of carboxylic acids is 1. The van der Waals surface area contributed by atoms with Crippen molar-refractivity contribution in [1.82, 2.24) is 4.90 Å². The fourth-order valence-corrected chi connectivity index (χ4v) is 3.33. The van der Waals surface area contributed by atoms with Crippen LogP contribution in [0.25, 0.3) is 6.08 Å². The molecule has 1 aromatic rings. The van der Waals surface area contributed by atoms with Crippen LogP contribution in [0, 0.1) is 5.41 Å². The second-order valence-electron chi connectivity index (χ2n) is 4.85. The topological polar surface area (TPSA) is 57.6 Å². The molecule has 0 spiro atoms. The number of likely N-dealkylation sites (tertiary alicyclic amines) is 1. The van der Waals surface area contributed by atoms with Crippen molar-refractivity contribution in [2.45, 2.75) is 13.3 Å². The van der Waals surface area contributed by atoms with Gasteiger partial charge in [0, 0.05) is 24.0 Å². The van der Waals surface area contributed by atoms with E-state index in [4.69, 9.17) is 5.11 Å². The average molecular weight is 344 g/mol. The minimum Gasteiger partial charge on any atom is -0.481 e. The third-order valence-electron chi connectivity index (χ3n) is 3.29. The molecule has 0 bridgehead atoms. The summed E-state index contributed by atoms with van der Waals surface area (Å²) in [4.78, 5) is 25.7. The fourth-order valence-electron chi connectivity index (χ4n) is 2.00. The Morgan fingerprint density at radius 1 is 1.53 bits per heavy atom. The molecule has 1 amide bonds. The number of hydrogen-bond donors (Lipinski definition) is 1. The molecule has 1 aliphatic rings. The number of rotatable bonds is 3. The number of nitrogens with zero attached hydrogens (tertiary/aromatic N) is 1. The number of amides is 1. The standard InChI is InChI=1S/C13H14BrNO3S/c1-13(12(17)18)6-7-15(8-13)11(16)5-3-9-2-4-10(14)19-9/h2-5H,6-8H2,1H3,(H,17,18)/b5-3-/t13-/m0/s1. The lowest BCUT2D eigenvalue weighted by Gasteiger charge is -2.18. The molecule has 2 heterocycles. The van der Waals surface area contributed by atoms with Gasteiger partial charge in [-0.25, -0.2) is 0 Å². The first-order valence-electron chi connectivity index (χ1n) is 5.86. The summed E-state index contributed by atoms with van der Waals surface area (Å²) in [7, 11) is 0. The molecule has 1 atom stereocenters. The Hall–Kier alpha value is -1.14. The number of aliphatic carboxylic acids is 1. The van der Waals surface area contributed by atoms with E-state index in [0.717, 1.165) is 8.66 Å². The van der Waals surface area contributed by atoms with E-state index in [0.29, 0.717) is 13.0 Å². The molecule has 0 aromatic carbocycles. The van der Waals surface area contributed by atoms with Gasteiger partial charge in [-0.2, -0.15) is 0 Å². The summed E-state index contributed by atoms with van der Waals surface area (Å²) >= 11 is 4.90. The molecular weight excluding hydrogens is 330 g/mol. The highest BCUT2D eigenvalue weighted by Crippen LogP contribution is 2.30. The number of thiophene rings is 1. The molecule has 1 fully saturated rings. The lowest BCUT2D eigenvalue weighted by Crippen LogP contribution is -2.34. The molecule has 0 radical (unpaired) electrons. The van der Waals surface area contributed by atoms with Crippen molar-refractivity contribution in [2.24, 2.45) is 5.41 Å². The molecule has 1 aliphatic heterocycles. The number of carboxylic acid groups (broad SMARTS) is 1. The smallest absolute Gasteiger partial charge is 0.311 e. The Morgan fingerprint density at radius 2 is 2.26 bits per heavy atom. The van der Waals surface area contributed by atoms with Crippen molar-refractivity contribution < 1.29 is 14.7 Å². The van der Waals surface area contributed by atoms with Crippen LogP contribution in [0.3, 0.4) is 0 Å². The van der Waals surface area contributed by atoms with Crippen LogP contribution in [0.2, 0.25) is 0 Å². The molecule has 0 aliphatic carbocycles. The zero-order chi connectivity index (χ0) is 14.0. The second-order valence-corrected chi connectivity index (χ2v) is 7.35. The molecule has 1 aromatic heterocycles. The van der Waals surface area contributed by atoms with Crippen LogP contribution in [-0.2, 0) is 9.59 Å². The predicted octanol–water partition coefficient (Wildman–Crippen LogP) is 2.85. The zero-order valence-electron chi connectivity index (χ0n) is 10.4. The van der Waals surface area contributed by atoms with E-state index in [1.54, 1.807) is 29.2 Å². The third kappa shape index (κ3) is 3.25. The van der Waals surface area contributed by atoms with Gasteiger partial charge in [-0.05, 0) is 47.5 Å². The maximum absolute atomic E-state index is 12.0. The molecular formula is C13H14BrNO3S. The number of halogens is 1. The van der Waals surface area contributed by atoms with Crippen LogP contribution in [0.5, 0.6) is 0 Å². The van der Waals surface area contributed by atoms with Gasteiger partial charge in [0.25, 0.3) is 0 Å². The monoisotopic (exact) mass is 343 g/mol. The molecule has 2 rings (SSSR count). The summed E-state index contributed by atoms with van der Waals surface area (Å²) in [6.07, 6.45) is 3.77. The van der Waals surface area contributed by atoms with Crippen LogP contribution in [0.1, 0.15) is 18.2 Å². The summed E-state index contributed by atoms with van der Waals surface area (Å²) in [6, 6.07) is 3.84. The van der Waals surface area contributed by atoms with Crippen molar-refractivity contribution in [1.29, 1.82) is 0 Å². The number of hydrogen-bond acceptors (Lipinski definition) is 3. The van der Waals surface area contributed by atoms with Crippen LogP contribution >= 0.6 is 27.3 Å². The van der Waals surface area contributed by atoms with Gasteiger partial charge < -0.3 is 10.0 Å². The van der Waals surface area contributed by atoms with E-state index in [1.165, 1.54) is 6.08 Å². The van der Waals surface area contributed by atoms with Gasteiger partial charge >= 0.3 is 5.97 Å². The first-order valence-corrected chi connectivity index (χ1v) is 7.47. The molecule has 0 unspecified atom stereocenters. The Bertz CT molecular complexity index is 540. The molecule has 1 N–H and O–H groups in total. The Labute approximate surface area is 123 Å². The molecule has 19 heavy (non-hydrogen) atoms. The highest BCUT2D eigenvalue weighted by molar-refractivity contribution is 9.11. The first kappa shape index (κ1) is 14.3. The summed E-state index contributed by atoms with van der Waals surface area (Å²) < 4.78 is 1.01. The van der Waals surface area contributed by atoms with Gasteiger partial charge in [0.1, 0.15) is 0 Å². The van der Waals surface area contributed by atoms with E-state index in [2.05, 4.69) is 15.9 Å². The molecule has 1 saturated heterocycles. The predicted molar refractivity (Wildman–Crippen MR) is 78.0 cm³/mol. The van der Waals surface area contributed by atoms with Crippen LogP contribution < -0.4 is 0 Å². The Balaban J connectivity index is 1.99. The summed E-state index contributed by atoms with van der Waals surface area (Å²) in [6.45, 7) is 2.46. The molecule has 102 valence electrons. The van der Waals surface area contributed by atoms with Gasteiger partial charge in [0.05, 0.1) is 9.20 Å². The Kier molecular flexibility index (Phi) is 4.10. The van der Waals surface area contributed by atoms with Gasteiger partial charge in [0.15, 0.2) is 0 Å². The lowest BCUT2D eigenvalue weighted by atomic mass is 9.90. The maximum atomic E-state index is 12.0. The van der Waals surface area contributed by atoms with Gasteiger partial charge in [-0.15, -0.1) is 11.3 Å². The summed E-state index contributed by atoms with van der Waals surface area (Å²) in [5, 5.41) is 9.12. The van der Waals surface area contributed by atoms with Crippen LogP contribution in [-0.4, -0.2) is 35.0 Å².